The van der Waals surface area contributed by atoms with Crippen molar-refractivity contribution in [3.05, 3.63) is 132 Å². The summed E-state index contributed by atoms with van der Waals surface area (Å²) < 4.78 is 42.8. The Morgan fingerprint density at radius 1 is 0.814 bits per heavy atom. The van der Waals surface area contributed by atoms with Gasteiger partial charge in [-0.15, -0.1) is 0 Å². The monoisotopic (exact) mass is 601 g/mol. The Hall–Kier alpha value is -4.50. The third-order valence-corrected chi connectivity index (χ3v) is 8.81. The Labute approximate surface area is 253 Å². The fourth-order valence-electron chi connectivity index (χ4n) is 4.67. The number of nitrogens with zero attached hydrogens (tertiary/aromatic N) is 2. The minimum atomic E-state index is -4.24. The van der Waals surface area contributed by atoms with E-state index in [0.717, 1.165) is 33.1 Å². The van der Waals surface area contributed by atoms with Crippen LogP contribution in [0.1, 0.15) is 30.0 Å². The molecule has 0 saturated carbocycles. The van der Waals surface area contributed by atoms with E-state index in [1.807, 2.05) is 74.5 Å². The fourth-order valence-corrected chi connectivity index (χ4v) is 6.09. The van der Waals surface area contributed by atoms with Gasteiger partial charge in [-0.2, -0.15) is 0 Å². The number of carbonyl (C=O) groups is 2. The number of hydrogen-bond acceptors (Lipinski definition) is 4. The lowest BCUT2D eigenvalue weighted by Gasteiger charge is -2.34. The molecule has 2 amide bonds. The molecular weight excluding hydrogens is 565 g/mol. The van der Waals surface area contributed by atoms with Crippen LogP contribution in [0.3, 0.4) is 0 Å². The predicted molar refractivity (Wildman–Crippen MR) is 166 cm³/mol. The first-order valence-corrected chi connectivity index (χ1v) is 15.6. The molecule has 0 aliphatic rings. The minimum Gasteiger partial charge on any atom is -0.354 e. The summed E-state index contributed by atoms with van der Waals surface area (Å²) in [4.78, 5) is 29.3. The molecule has 4 aromatic carbocycles. The Balaban J connectivity index is 1.77. The Morgan fingerprint density at radius 2 is 1.40 bits per heavy atom. The number of nitrogens with one attached hydrogen (secondary N) is 1. The molecule has 43 heavy (non-hydrogen) atoms. The molecule has 4 rings (SSSR count). The van der Waals surface area contributed by atoms with Gasteiger partial charge in [0, 0.05) is 19.5 Å². The highest BCUT2D eigenvalue weighted by Gasteiger charge is 2.34. The van der Waals surface area contributed by atoms with Crippen LogP contribution in [0.5, 0.6) is 0 Å². The van der Waals surface area contributed by atoms with Crippen LogP contribution in [0, 0.1) is 12.7 Å². The van der Waals surface area contributed by atoms with Crippen molar-refractivity contribution in [1.29, 1.82) is 0 Å². The zero-order valence-corrected chi connectivity index (χ0v) is 25.1. The van der Waals surface area contributed by atoms with Gasteiger partial charge in [-0.1, -0.05) is 85.3 Å². The van der Waals surface area contributed by atoms with Gasteiger partial charge in [-0.3, -0.25) is 13.9 Å². The van der Waals surface area contributed by atoms with Crippen LogP contribution in [0.25, 0.3) is 0 Å². The summed E-state index contributed by atoms with van der Waals surface area (Å²) in [7, 11) is -4.24. The third kappa shape index (κ3) is 8.29. The molecule has 0 bridgehead atoms. The first-order valence-electron chi connectivity index (χ1n) is 14.2. The van der Waals surface area contributed by atoms with E-state index in [4.69, 9.17) is 0 Å². The Bertz CT molecular complexity index is 1600. The highest BCUT2D eigenvalue weighted by atomic mass is 32.2. The van der Waals surface area contributed by atoms with Gasteiger partial charge in [0.25, 0.3) is 10.0 Å². The van der Waals surface area contributed by atoms with Crippen LogP contribution >= 0.6 is 0 Å². The first kappa shape index (κ1) is 31.4. The molecule has 0 aliphatic heterocycles. The number of aryl methyl sites for hydroxylation is 1. The maximum absolute atomic E-state index is 14.3. The summed E-state index contributed by atoms with van der Waals surface area (Å²) in [5.74, 6) is -1.44. The van der Waals surface area contributed by atoms with Gasteiger partial charge in [0.05, 0.1) is 10.6 Å². The number of sulfonamides is 1. The van der Waals surface area contributed by atoms with Gasteiger partial charge < -0.3 is 10.2 Å². The van der Waals surface area contributed by atoms with E-state index in [9.17, 15) is 22.4 Å². The second-order valence-electron chi connectivity index (χ2n) is 10.3. The van der Waals surface area contributed by atoms with Crippen molar-refractivity contribution >= 4 is 27.5 Å². The van der Waals surface area contributed by atoms with E-state index in [2.05, 4.69) is 5.32 Å². The lowest BCUT2D eigenvalue weighted by atomic mass is 10.0. The number of benzene rings is 4. The van der Waals surface area contributed by atoms with Crippen LogP contribution in [0.4, 0.5) is 10.1 Å². The summed E-state index contributed by atoms with van der Waals surface area (Å²) >= 11 is 0. The average molecular weight is 602 g/mol. The summed E-state index contributed by atoms with van der Waals surface area (Å²) in [5.41, 5.74) is 2.64. The summed E-state index contributed by atoms with van der Waals surface area (Å²) in [6, 6.07) is 28.9. The van der Waals surface area contributed by atoms with Crippen LogP contribution in [-0.4, -0.2) is 44.3 Å². The van der Waals surface area contributed by atoms with E-state index in [1.165, 1.54) is 29.2 Å². The summed E-state index contributed by atoms with van der Waals surface area (Å²) in [6.07, 6.45) is 0.944. The molecule has 0 heterocycles. The number of amides is 2. The third-order valence-electron chi connectivity index (χ3n) is 7.02. The van der Waals surface area contributed by atoms with Gasteiger partial charge >= 0.3 is 0 Å². The largest absolute Gasteiger partial charge is 0.354 e. The lowest BCUT2D eigenvalue weighted by Crippen LogP contribution is -2.53. The highest BCUT2D eigenvalue weighted by molar-refractivity contribution is 7.92. The topological polar surface area (TPSA) is 86.8 Å². The fraction of sp³-hybridized carbons (Fsp3) is 0.235. The lowest BCUT2D eigenvalue weighted by molar-refractivity contribution is -0.140. The van der Waals surface area contributed by atoms with E-state index < -0.39 is 34.3 Å². The quantitative estimate of drug-likeness (QED) is 0.219. The standard InChI is InChI=1S/C34H36FN3O4S/c1-3-22-36-34(40)32(23-27-10-6-4-7-11-27)37(24-28-12-8-5-9-13-28)33(39)25-38(30-18-16-29(35)17-19-30)43(41,42)31-20-14-26(2)15-21-31/h4-21,32H,3,22-25H2,1-2H3,(H,36,40)/t32-/m0/s1. The van der Waals surface area contributed by atoms with Crippen molar-refractivity contribution in [1.82, 2.24) is 10.2 Å². The summed E-state index contributed by atoms with van der Waals surface area (Å²) in [5, 5.41) is 2.92. The molecule has 9 heteroatoms. The number of carbonyl (C=O) groups excluding carboxylic acids is 2. The van der Waals surface area contributed by atoms with Crippen molar-refractivity contribution in [2.24, 2.45) is 0 Å². The Morgan fingerprint density at radius 3 is 1.98 bits per heavy atom. The first-order chi connectivity index (χ1) is 20.7. The van der Waals surface area contributed by atoms with E-state index in [0.29, 0.717) is 13.0 Å². The van der Waals surface area contributed by atoms with E-state index in [-0.39, 0.29) is 29.5 Å². The molecule has 1 atom stereocenters. The van der Waals surface area contributed by atoms with Crippen LogP contribution in [0.2, 0.25) is 0 Å². The van der Waals surface area contributed by atoms with E-state index in [1.54, 1.807) is 12.1 Å². The predicted octanol–water partition coefficient (Wildman–Crippen LogP) is 5.50. The average Bonchev–Trinajstić information content (AvgIpc) is 3.02. The van der Waals surface area contributed by atoms with Crippen LogP contribution < -0.4 is 9.62 Å². The molecule has 0 unspecified atom stereocenters. The molecule has 0 radical (unpaired) electrons. The van der Waals surface area contributed by atoms with E-state index >= 15 is 0 Å². The molecule has 7 nitrogen and oxygen atoms in total. The smallest absolute Gasteiger partial charge is 0.264 e. The zero-order valence-electron chi connectivity index (χ0n) is 24.3. The summed E-state index contributed by atoms with van der Waals surface area (Å²) in [6.45, 7) is 3.70. The molecule has 224 valence electrons. The maximum Gasteiger partial charge on any atom is 0.264 e. The zero-order chi connectivity index (χ0) is 30.8. The maximum atomic E-state index is 14.3. The second kappa shape index (κ2) is 14.6. The van der Waals surface area contributed by atoms with Gasteiger partial charge in [-0.25, -0.2) is 12.8 Å². The number of halogens is 1. The van der Waals surface area contributed by atoms with Crippen molar-refractivity contribution in [2.45, 2.75) is 44.2 Å². The normalized spacial score (nSPS) is 11.9. The van der Waals surface area contributed by atoms with Crippen molar-refractivity contribution < 1.29 is 22.4 Å². The number of rotatable bonds is 13. The molecule has 4 aromatic rings. The van der Waals surface area contributed by atoms with Crippen molar-refractivity contribution in [2.75, 3.05) is 17.4 Å². The van der Waals surface area contributed by atoms with Gasteiger partial charge in [0.1, 0.15) is 18.4 Å². The molecule has 0 aromatic heterocycles. The van der Waals surface area contributed by atoms with Crippen LogP contribution in [0.15, 0.2) is 114 Å². The minimum absolute atomic E-state index is 0.00800. The second-order valence-corrected chi connectivity index (χ2v) is 12.2. The number of hydrogen-bond donors (Lipinski definition) is 1. The SMILES string of the molecule is CCCNC(=O)[C@H](Cc1ccccc1)N(Cc1ccccc1)C(=O)CN(c1ccc(F)cc1)S(=O)(=O)c1ccc(C)cc1. The molecule has 0 fully saturated rings. The van der Waals surface area contributed by atoms with Gasteiger partial charge in [0.15, 0.2) is 0 Å². The Kier molecular flexibility index (Phi) is 10.7. The van der Waals surface area contributed by atoms with Gasteiger partial charge in [0.2, 0.25) is 11.8 Å². The molecule has 0 aliphatic carbocycles. The molecule has 0 spiro atoms. The van der Waals surface area contributed by atoms with Crippen LogP contribution in [-0.2, 0) is 32.6 Å². The molecular formula is C34H36FN3O4S. The molecule has 0 saturated heterocycles. The molecule has 1 N–H and O–H groups in total. The van der Waals surface area contributed by atoms with Gasteiger partial charge in [-0.05, 0) is 60.9 Å². The number of anilines is 1. The highest BCUT2D eigenvalue weighted by Crippen LogP contribution is 2.25. The van der Waals surface area contributed by atoms with Crippen molar-refractivity contribution in [3.63, 3.8) is 0 Å². The van der Waals surface area contributed by atoms with Crippen molar-refractivity contribution in [3.8, 4) is 0 Å².